The zero-order chi connectivity index (χ0) is 15.7. The summed E-state index contributed by atoms with van der Waals surface area (Å²) in [6, 6.07) is 2.06. The molecule has 7 heteroatoms. The summed E-state index contributed by atoms with van der Waals surface area (Å²) in [6.45, 7) is 2.75. The van der Waals surface area contributed by atoms with Gasteiger partial charge >= 0.3 is 6.18 Å². The standard InChI is InChI=1S/C13H15F4NO2/c1-12(2,7-19)18(3)11(20)8-4-5-10(14)9(6-8)13(15,16)17/h4-6,19H,7H2,1-3H3. The largest absolute Gasteiger partial charge is 0.419 e. The topological polar surface area (TPSA) is 40.5 Å². The molecule has 0 spiro atoms. The SMILES string of the molecule is CN(C(=O)c1ccc(F)c(C(F)(F)F)c1)C(C)(C)CO. The molecule has 20 heavy (non-hydrogen) atoms. The molecule has 0 saturated carbocycles. The van der Waals surface area contributed by atoms with E-state index in [1.54, 1.807) is 13.8 Å². The van der Waals surface area contributed by atoms with Crippen molar-refractivity contribution in [2.75, 3.05) is 13.7 Å². The van der Waals surface area contributed by atoms with Crippen LogP contribution in [0.1, 0.15) is 29.8 Å². The Morgan fingerprint density at radius 2 is 1.85 bits per heavy atom. The van der Waals surface area contributed by atoms with Gasteiger partial charge in [-0.25, -0.2) is 4.39 Å². The Labute approximate surface area is 113 Å². The molecule has 0 bridgehead atoms. The number of hydrogen-bond donors (Lipinski definition) is 1. The van der Waals surface area contributed by atoms with Crippen molar-refractivity contribution in [1.29, 1.82) is 0 Å². The minimum atomic E-state index is -4.87. The molecule has 1 amide bonds. The van der Waals surface area contributed by atoms with E-state index in [0.29, 0.717) is 12.1 Å². The summed E-state index contributed by atoms with van der Waals surface area (Å²) in [5.74, 6) is -2.16. The molecule has 0 aliphatic rings. The average Bonchev–Trinajstić information content (AvgIpc) is 2.36. The molecular formula is C13H15F4NO2. The van der Waals surface area contributed by atoms with E-state index in [0.717, 1.165) is 11.0 Å². The fourth-order valence-corrected chi connectivity index (χ4v) is 1.45. The van der Waals surface area contributed by atoms with Gasteiger partial charge in [-0.15, -0.1) is 0 Å². The molecule has 0 atom stereocenters. The van der Waals surface area contributed by atoms with Crippen LogP contribution in [0.4, 0.5) is 17.6 Å². The molecule has 0 aromatic heterocycles. The molecule has 1 aromatic carbocycles. The van der Waals surface area contributed by atoms with Crippen LogP contribution in [-0.2, 0) is 6.18 Å². The van der Waals surface area contributed by atoms with Gasteiger partial charge in [0.2, 0.25) is 0 Å². The van der Waals surface area contributed by atoms with E-state index in [-0.39, 0.29) is 12.2 Å². The number of carbonyl (C=O) groups is 1. The molecule has 0 fully saturated rings. The summed E-state index contributed by atoms with van der Waals surface area (Å²) < 4.78 is 50.9. The first kappa shape index (κ1) is 16.4. The van der Waals surface area contributed by atoms with E-state index in [1.807, 2.05) is 0 Å². The molecule has 1 aromatic rings. The van der Waals surface area contributed by atoms with Crippen molar-refractivity contribution in [2.45, 2.75) is 25.6 Å². The van der Waals surface area contributed by atoms with Gasteiger partial charge in [-0.05, 0) is 32.0 Å². The third kappa shape index (κ3) is 3.27. The lowest BCUT2D eigenvalue weighted by Crippen LogP contribution is -2.47. The first-order chi connectivity index (χ1) is 9.00. The molecule has 1 rings (SSSR count). The van der Waals surface area contributed by atoms with Gasteiger partial charge < -0.3 is 10.0 Å². The third-order valence-electron chi connectivity index (χ3n) is 3.12. The van der Waals surface area contributed by atoms with Crippen molar-refractivity contribution in [2.24, 2.45) is 0 Å². The fourth-order valence-electron chi connectivity index (χ4n) is 1.45. The lowest BCUT2D eigenvalue weighted by Gasteiger charge is -2.34. The molecule has 0 unspecified atom stereocenters. The summed E-state index contributed by atoms with van der Waals surface area (Å²) >= 11 is 0. The minimum absolute atomic E-state index is 0.289. The number of hydrogen-bond acceptors (Lipinski definition) is 2. The van der Waals surface area contributed by atoms with E-state index in [4.69, 9.17) is 5.11 Å². The van der Waals surface area contributed by atoms with Crippen LogP contribution in [0.2, 0.25) is 0 Å². The summed E-state index contributed by atoms with van der Waals surface area (Å²) in [7, 11) is 1.36. The van der Waals surface area contributed by atoms with Crippen LogP contribution in [0, 0.1) is 5.82 Å². The van der Waals surface area contributed by atoms with Gasteiger partial charge in [-0.2, -0.15) is 13.2 Å². The van der Waals surface area contributed by atoms with Crippen LogP contribution in [0.15, 0.2) is 18.2 Å². The van der Waals surface area contributed by atoms with Crippen LogP contribution in [-0.4, -0.2) is 35.1 Å². The molecule has 0 aliphatic carbocycles. The number of aliphatic hydroxyl groups excluding tert-OH is 1. The number of carbonyl (C=O) groups excluding carboxylic acids is 1. The van der Waals surface area contributed by atoms with Crippen molar-refractivity contribution in [3.8, 4) is 0 Å². The first-order valence-corrected chi connectivity index (χ1v) is 5.76. The van der Waals surface area contributed by atoms with E-state index in [1.165, 1.54) is 7.05 Å². The molecule has 1 N–H and O–H groups in total. The number of alkyl halides is 3. The number of nitrogens with zero attached hydrogens (tertiary/aromatic N) is 1. The molecule has 3 nitrogen and oxygen atoms in total. The Morgan fingerprint density at radius 3 is 2.30 bits per heavy atom. The Balaban J connectivity index is 3.19. The van der Waals surface area contributed by atoms with Crippen LogP contribution in [0.3, 0.4) is 0 Å². The number of halogens is 4. The number of aliphatic hydroxyl groups is 1. The highest BCUT2D eigenvalue weighted by Crippen LogP contribution is 2.32. The predicted molar refractivity (Wildman–Crippen MR) is 64.7 cm³/mol. The van der Waals surface area contributed by atoms with Gasteiger partial charge in [-0.3, -0.25) is 4.79 Å². The van der Waals surface area contributed by atoms with Gasteiger partial charge in [0.1, 0.15) is 5.82 Å². The van der Waals surface area contributed by atoms with E-state index >= 15 is 0 Å². The third-order valence-corrected chi connectivity index (χ3v) is 3.12. The lowest BCUT2D eigenvalue weighted by atomic mass is 10.0. The highest BCUT2D eigenvalue weighted by Gasteiger charge is 2.35. The van der Waals surface area contributed by atoms with Gasteiger partial charge in [0.15, 0.2) is 0 Å². The maximum Gasteiger partial charge on any atom is 0.419 e. The number of likely N-dealkylation sites (N-methyl/N-ethyl adjacent to an activating group) is 1. The van der Waals surface area contributed by atoms with Crippen LogP contribution in [0.5, 0.6) is 0 Å². The Kier molecular flexibility index (Phi) is 4.43. The summed E-state index contributed by atoms with van der Waals surface area (Å²) in [5, 5.41) is 9.15. The van der Waals surface area contributed by atoms with Crippen molar-refractivity contribution >= 4 is 5.91 Å². The summed E-state index contributed by atoms with van der Waals surface area (Å²) in [4.78, 5) is 13.2. The first-order valence-electron chi connectivity index (χ1n) is 5.76. The Morgan fingerprint density at radius 1 is 1.30 bits per heavy atom. The normalized spacial score (nSPS) is 12.4. The predicted octanol–water partition coefficient (Wildman–Crippen LogP) is 2.69. The van der Waals surface area contributed by atoms with Crippen LogP contribution < -0.4 is 0 Å². The quantitative estimate of drug-likeness (QED) is 0.870. The van der Waals surface area contributed by atoms with E-state index < -0.39 is 29.0 Å². The summed E-state index contributed by atoms with van der Waals surface area (Å²) in [5.41, 5.74) is -2.72. The number of rotatable bonds is 3. The van der Waals surface area contributed by atoms with Crippen LogP contribution in [0.25, 0.3) is 0 Å². The molecular weight excluding hydrogens is 278 g/mol. The Hall–Kier alpha value is -1.63. The molecule has 112 valence electrons. The zero-order valence-electron chi connectivity index (χ0n) is 11.3. The smallest absolute Gasteiger partial charge is 0.394 e. The number of benzene rings is 1. The van der Waals surface area contributed by atoms with Gasteiger partial charge in [0.05, 0.1) is 17.7 Å². The minimum Gasteiger partial charge on any atom is -0.394 e. The van der Waals surface area contributed by atoms with E-state index in [9.17, 15) is 22.4 Å². The van der Waals surface area contributed by atoms with E-state index in [2.05, 4.69) is 0 Å². The van der Waals surface area contributed by atoms with Crippen LogP contribution >= 0.6 is 0 Å². The average molecular weight is 293 g/mol. The maximum atomic E-state index is 13.1. The second-order valence-corrected chi connectivity index (χ2v) is 5.03. The highest BCUT2D eigenvalue weighted by molar-refractivity contribution is 5.94. The maximum absolute atomic E-state index is 13.1. The molecule has 0 heterocycles. The molecule has 0 saturated heterocycles. The summed E-state index contributed by atoms with van der Waals surface area (Å²) in [6.07, 6.45) is -4.87. The Bertz CT molecular complexity index is 512. The van der Waals surface area contributed by atoms with Crippen molar-refractivity contribution in [3.05, 3.63) is 35.1 Å². The molecule has 0 aliphatic heterocycles. The molecule has 0 radical (unpaired) electrons. The second-order valence-electron chi connectivity index (χ2n) is 5.03. The highest BCUT2D eigenvalue weighted by atomic mass is 19.4. The van der Waals surface area contributed by atoms with Gasteiger partial charge in [0.25, 0.3) is 5.91 Å². The van der Waals surface area contributed by atoms with Gasteiger partial charge in [-0.1, -0.05) is 0 Å². The second kappa shape index (κ2) is 5.40. The monoisotopic (exact) mass is 293 g/mol. The lowest BCUT2D eigenvalue weighted by molar-refractivity contribution is -0.140. The number of amides is 1. The van der Waals surface area contributed by atoms with Crippen molar-refractivity contribution in [3.63, 3.8) is 0 Å². The van der Waals surface area contributed by atoms with Crippen molar-refractivity contribution in [1.82, 2.24) is 4.90 Å². The van der Waals surface area contributed by atoms with Crippen molar-refractivity contribution < 1.29 is 27.5 Å². The fraction of sp³-hybridized carbons (Fsp3) is 0.462. The zero-order valence-corrected chi connectivity index (χ0v) is 11.3. The van der Waals surface area contributed by atoms with Gasteiger partial charge in [0, 0.05) is 12.6 Å².